The highest BCUT2D eigenvalue weighted by Gasteiger charge is 2.24. The fourth-order valence-corrected chi connectivity index (χ4v) is 3.66. The summed E-state index contributed by atoms with van der Waals surface area (Å²) in [5, 5.41) is 21.8. The summed E-state index contributed by atoms with van der Waals surface area (Å²) < 4.78 is 5.60. The first kappa shape index (κ1) is 22.9. The standard InChI is InChI=1S/C27H24N2O5/c30-23(27(32)33)16-22(15-18-11-13-20(14-12-18)19-7-3-1-4-8-19)29-25(31)24-17-28-26(34-24)21-9-5-2-6-10-21/h1-14,17,22-23,30H,15-16H2,(H,29,31)(H,32,33). The van der Waals surface area contributed by atoms with E-state index in [0.717, 1.165) is 22.3 Å². The summed E-state index contributed by atoms with van der Waals surface area (Å²) in [5.74, 6) is -1.56. The van der Waals surface area contributed by atoms with Crippen LogP contribution in [0, 0.1) is 0 Å². The van der Waals surface area contributed by atoms with Crippen molar-refractivity contribution < 1.29 is 24.2 Å². The Balaban J connectivity index is 1.48. The molecule has 7 heteroatoms. The minimum absolute atomic E-state index is 0.00749. The lowest BCUT2D eigenvalue weighted by Crippen LogP contribution is -2.40. The molecule has 3 N–H and O–H groups in total. The van der Waals surface area contributed by atoms with Crippen molar-refractivity contribution in [1.29, 1.82) is 0 Å². The Morgan fingerprint density at radius 3 is 2.06 bits per heavy atom. The minimum Gasteiger partial charge on any atom is -0.479 e. The third-order valence-corrected chi connectivity index (χ3v) is 5.42. The van der Waals surface area contributed by atoms with E-state index in [-0.39, 0.29) is 12.2 Å². The maximum absolute atomic E-state index is 12.8. The van der Waals surface area contributed by atoms with E-state index in [9.17, 15) is 14.7 Å². The summed E-state index contributed by atoms with van der Waals surface area (Å²) in [6.45, 7) is 0. The van der Waals surface area contributed by atoms with Crippen molar-refractivity contribution in [2.24, 2.45) is 0 Å². The number of carboxylic acid groups (broad SMARTS) is 1. The first-order chi connectivity index (χ1) is 16.5. The number of aromatic nitrogens is 1. The predicted molar refractivity (Wildman–Crippen MR) is 127 cm³/mol. The summed E-state index contributed by atoms with van der Waals surface area (Å²) in [4.78, 5) is 28.2. The molecule has 2 atom stereocenters. The van der Waals surface area contributed by atoms with Gasteiger partial charge in [0.1, 0.15) is 0 Å². The quantitative estimate of drug-likeness (QED) is 0.348. The summed E-state index contributed by atoms with van der Waals surface area (Å²) in [6, 6.07) is 26.3. The largest absolute Gasteiger partial charge is 0.479 e. The Kier molecular flexibility index (Phi) is 7.15. The van der Waals surface area contributed by atoms with Crippen molar-refractivity contribution in [3.8, 4) is 22.6 Å². The zero-order valence-electron chi connectivity index (χ0n) is 18.3. The van der Waals surface area contributed by atoms with Crippen molar-refractivity contribution in [2.75, 3.05) is 0 Å². The van der Waals surface area contributed by atoms with Crippen LogP contribution in [0.2, 0.25) is 0 Å². The van der Waals surface area contributed by atoms with Crippen LogP contribution in [-0.4, -0.2) is 39.2 Å². The van der Waals surface area contributed by atoms with Crippen LogP contribution in [-0.2, 0) is 11.2 Å². The third-order valence-electron chi connectivity index (χ3n) is 5.42. The smallest absolute Gasteiger partial charge is 0.332 e. The van der Waals surface area contributed by atoms with Crippen LogP contribution in [0.1, 0.15) is 22.5 Å². The van der Waals surface area contributed by atoms with Crippen molar-refractivity contribution in [3.05, 3.63) is 102 Å². The normalized spacial score (nSPS) is 12.6. The molecule has 0 bridgehead atoms. The van der Waals surface area contributed by atoms with Crippen LogP contribution in [0.4, 0.5) is 0 Å². The van der Waals surface area contributed by atoms with Crippen molar-refractivity contribution in [3.63, 3.8) is 0 Å². The maximum atomic E-state index is 12.8. The molecule has 2 unspecified atom stereocenters. The first-order valence-corrected chi connectivity index (χ1v) is 10.9. The zero-order valence-corrected chi connectivity index (χ0v) is 18.3. The molecule has 0 radical (unpaired) electrons. The van der Waals surface area contributed by atoms with E-state index >= 15 is 0 Å². The van der Waals surface area contributed by atoms with Gasteiger partial charge >= 0.3 is 5.97 Å². The molecule has 0 aliphatic carbocycles. The van der Waals surface area contributed by atoms with E-state index in [1.807, 2.05) is 84.9 Å². The predicted octanol–water partition coefficient (Wildman–Crippen LogP) is 4.19. The monoisotopic (exact) mass is 456 g/mol. The van der Waals surface area contributed by atoms with Crippen LogP contribution < -0.4 is 5.32 Å². The molecule has 34 heavy (non-hydrogen) atoms. The Labute approximate surface area is 196 Å². The molecule has 3 aromatic carbocycles. The molecule has 7 nitrogen and oxygen atoms in total. The Hall–Kier alpha value is -4.23. The molecule has 0 saturated carbocycles. The number of benzene rings is 3. The van der Waals surface area contributed by atoms with Gasteiger partial charge in [-0.1, -0.05) is 72.8 Å². The fraction of sp³-hybridized carbons (Fsp3) is 0.148. The van der Waals surface area contributed by atoms with Crippen LogP contribution in [0.25, 0.3) is 22.6 Å². The number of carbonyl (C=O) groups is 2. The molecule has 0 saturated heterocycles. The number of aliphatic hydroxyl groups excluding tert-OH is 1. The molecule has 0 aliphatic heterocycles. The lowest BCUT2D eigenvalue weighted by molar-refractivity contribution is -0.147. The zero-order chi connectivity index (χ0) is 23.9. The molecular formula is C27H24N2O5. The minimum atomic E-state index is -1.61. The Bertz CT molecular complexity index is 1240. The number of nitrogens with zero attached hydrogens (tertiary/aromatic N) is 1. The number of aliphatic hydroxyl groups is 1. The average molecular weight is 456 g/mol. The lowest BCUT2D eigenvalue weighted by atomic mass is 9.98. The molecule has 172 valence electrons. The Morgan fingerprint density at radius 2 is 1.44 bits per heavy atom. The van der Waals surface area contributed by atoms with Crippen LogP contribution in [0.5, 0.6) is 0 Å². The van der Waals surface area contributed by atoms with Gasteiger partial charge in [0.25, 0.3) is 5.91 Å². The summed E-state index contributed by atoms with van der Waals surface area (Å²) in [7, 11) is 0. The molecule has 0 aliphatic rings. The van der Waals surface area contributed by atoms with Crippen LogP contribution in [0.3, 0.4) is 0 Å². The summed E-state index contributed by atoms with van der Waals surface area (Å²) >= 11 is 0. The number of rotatable bonds is 9. The number of oxazole rings is 1. The molecule has 1 amide bonds. The van der Waals surface area contributed by atoms with Crippen molar-refractivity contribution in [2.45, 2.75) is 25.0 Å². The lowest BCUT2D eigenvalue weighted by Gasteiger charge is -2.20. The molecule has 4 aromatic rings. The molecule has 1 heterocycles. The van der Waals surface area contributed by atoms with Crippen molar-refractivity contribution >= 4 is 11.9 Å². The SMILES string of the molecule is O=C(NC(Cc1ccc(-c2ccccc2)cc1)CC(O)C(=O)O)c1cnc(-c2ccccc2)o1. The first-order valence-electron chi connectivity index (χ1n) is 10.9. The van der Waals surface area contributed by atoms with E-state index in [0.29, 0.717) is 12.3 Å². The van der Waals surface area contributed by atoms with Crippen molar-refractivity contribution in [1.82, 2.24) is 10.3 Å². The number of carboxylic acids is 1. The average Bonchev–Trinajstić information content (AvgIpc) is 3.36. The van der Waals surface area contributed by atoms with Gasteiger partial charge in [0.2, 0.25) is 11.7 Å². The van der Waals surface area contributed by atoms with E-state index in [4.69, 9.17) is 9.52 Å². The second-order valence-corrected chi connectivity index (χ2v) is 7.92. The topological polar surface area (TPSA) is 113 Å². The summed E-state index contributed by atoms with van der Waals surface area (Å²) in [5.41, 5.74) is 3.76. The van der Waals surface area contributed by atoms with Gasteiger partial charge in [0.15, 0.2) is 6.10 Å². The number of nitrogens with one attached hydrogen (secondary N) is 1. The number of aliphatic carboxylic acids is 1. The number of hydrogen-bond acceptors (Lipinski definition) is 5. The van der Waals surface area contributed by atoms with E-state index in [2.05, 4.69) is 10.3 Å². The molecular weight excluding hydrogens is 432 g/mol. The highest BCUT2D eigenvalue weighted by Crippen LogP contribution is 2.21. The second kappa shape index (κ2) is 10.6. The van der Waals surface area contributed by atoms with E-state index in [1.54, 1.807) is 0 Å². The molecule has 0 spiro atoms. The van der Waals surface area contributed by atoms with E-state index < -0.39 is 24.0 Å². The van der Waals surface area contributed by atoms with Crippen LogP contribution >= 0.6 is 0 Å². The van der Waals surface area contributed by atoms with Crippen LogP contribution in [0.15, 0.2) is 95.5 Å². The third kappa shape index (κ3) is 5.76. The van der Waals surface area contributed by atoms with Gasteiger partial charge in [-0.3, -0.25) is 4.79 Å². The molecule has 1 aromatic heterocycles. The number of amides is 1. The van der Waals surface area contributed by atoms with Gasteiger partial charge in [-0.05, 0) is 35.2 Å². The number of carbonyl (C=O) groups excluding carboxylic acids is 1. The van der Waals surface area contributed by atoms with Gasteiger partial charge in [-0.15, -0.1) is 0 Å². The second-order valence-electron chi connectivity index (χ2n) is 7.92. The molecule has 0 fully saturated rings. The molecule has 4 rings (SSSR count). The van der Waals surface area contributed by atoms with Gasteiger partial charge in [0.05, 0.1) is 6.20 Å². The maximum Gasteiger partial charge on any atom is 0.332 e. The number of hydrogen-bond donors (Lipinski definition) is 3. The van der Waals surface area contributed by atoms with Gasteiger partial charge < -0.3 is 19.9 Å². The van der Waals surface area contributed by atoms with Gasteiger partial charge in [-0.2, -0.15) is 0 Å². The summed E-state index contributed by atoms with van der Waals surface area (Å²) in [6.07, 6.45) is -0.0910. The van der Waals surface area contributed by atoms with Gasteiger partial charge in [-0.25, -0.2) is 9.78 Å². The Morgan fingerprint density at radius 1 is 0.853 bits per heavy atom. The van der Waals surface area contributed by atoms with E-state index in [1.165, 1.54) is 6.20 Å². The highest BCUT2D eigenvalue weighted by molar-refractivity contribution is 5.91. The highest BCUT2D eigenvalue weighted by atomic mass is 16.4. The fourth-order valence-electron chi connectivity index (χ4n) is 3.66. The van der Waals surface area contributed by atoms with Gasteiger partial charge in [0, 0.05) is 18.0 Å².